The summed E-state index contributed by atoms with van der Waals surface area (Å²) in [6, 6.07) is 14.7. The lowest BCUT2D eigenvalue weighted by Crippen LogP contribution is -2.31. The Morgan fingerprint density at radius 2 is 2.03 bits per heavy atom. The number of hydrogen-bond acceptors (Lipinski definition) is 7. The molecule has 6 rings (SSSR count). The Balaban J connectivity index is 1.49. The monoisotopic (exact) mass is 469 g/mol. The second-order valence-electron chi connectivity index (χ2n) is 8.25. The maximum atomic E-state index is 13.7. The number of imidazole rings is 1. The van der Waals surface area contributed by atoms with Gasteiger partial charge in [-0.3, -0.25) is 14.5 Å². The Kier molecular flexibility index (Phi) is 4.53. The van der Waals surface area contributed by atoms with E-state index in [1.54, 1.807) is 36.4 Å². The highest BCUT2D eigenvalue weighted by atomic mass is 16.5. The first-order chi connectivity index (χ1) is 17.0. The smallest absolute Gasteiger partial charge is 0.296 e. The van der Waals surface area contributed by atoms with E-state index in [2.05, 4.69) is 9.97 Å². The summed E-state index contributed by atoms with van der Waals surface area (Å²) in [5.74, 6) is -1.24. The van der Waals surface area contributed by atoms with Gasteiger partial charge >= 0.3 is 0 Å². The number of furan rings is 2. The molecule has 1 aliphatic heterocycles. The number of ketones is 1. The highest BCUT2D eigenvalue weighted by molar-refractivity contribution is 6.20. The number of aromatic nitrogens is 2. The minimum atomic E-state index is -1.05. The van der Waals surface area contributed by atoms with Gasteiger partial charge in [-0.05, 0) is 48.9 Å². The van der Waals surface area contributed by atoms with Gasteiger partial charge < -0.3 is 23.7 Å². The molecule has 0 saturated heterocycles. The molecule has 5 aromatic rings. The Morgan fingerprint density at radius 3 is 2.80 bits per heavy atom. The van der Waals surface area contributed by atoms with E-state index in [4.69, 9.17) is 13.6 Å². The summed E-state index contributed by atoms with van der Waals surface area (Å²) in [7, 11) is 1.50. The van der Waals surface area contributed by atoms with Crippen LogP contribution in [0.5, 0.6) is 5.75 Å². The number of hydrogen-bond donors (Lipinski definition) is 2. The molecule has 0 saturated carbocycles. The quantitative estimate of drug-likeness (QED) is 0.347. The van der Waals surface area contributed by atoms with Crippen LogP contribution in [0.2, 0.25) is 0 Å². The first-order valence-electron chi connectivity index (χ1n) is 10.8. The molecule has 4 heterocycles. The van der Waals surface area contributed by atoms with Crippen molar-refractivity contribution in [3.05, 3.63) is 89.3 Å². The third-order valence-corrected chi connectivity index (χ3v) is 6.07. The minimum absolute atomic E-state index is 0.0440. The van der Waals surface area contributed by atoms with Crippen LogP contribution in [-0.2, 0) is 4.79 Å². The largest absolute Gasteiger partial charge is 0.503 e. The highest BCUT2D eigenvalue weighted by Crippen LogP contribution is 2.42. The molecule has 1 atom stereocenters. The molecule has 0 fully saturated rings. The number of benzene rings is 2. The predicted molar refractivity (Wildman–Crippen MR) is 127 cm³/mol. The van der Waals surface area contributed by atoms with E-state index in [1.165, 1.54) is 18.3 Å². The van der Waals surface area contributed by atoms with E-state index >= 15 is 0 Å². The van der Waals surface area contributed by atoms with E-state index in [-0.39, 0.29) is 23.0 Å². The topological polar surface area (TPSA) is 122 Å². The van der Waals surface area contributed by atoms with Crippen LogP contribution in [0.25, 0.3) is 22.0 Å². The van der Waals surface area contributed by atoms with E-state index < -0.39 is 23.5 Å². The Morgan fingerprint density at radius 1 is 1.17 bits per heavy atom. The zero-order chi connectivity index (χ0) is 24.3. The number of nitrogens with one attached hydrogen (secondary N) is 1. The standard InChI is InChI=1S/C26H19N3O6/c1-13-8-9-15-16(11-13)28-26(27-15)29-21(17-7-4-10-34-17)20(23(31)25(29)32)22(30)19-12-14-5-3-6-18(33-2)24(14)35-19/h3-12,21,31H,1-2H3,(H,27,28). The number of nitrogens with zero attached hydrogens (tertiary/aromatic N) is 2. The van der Waals surface area contributed by atoms with Crippen molar-refractivity contribution >= 4 is 39.6 Å². The van der Waals surface area contributed by atoms with Crippen LogP contribution >= 0.6 is 0 Å². The number of carbonyl (C=O) groups excluding carboxylic acids is 2. The Bertz CT molecular complexity index is 1660. The van der Waals surface area contributed by atoms with Gasteiger partial charge in [0.05, 0.1) is 30.0 Å². The Labute approximate surface area is 198 Å². The number of carbonyl (C=O) groups is 2. The molecule has 2 aromatic carbocycles. The van der Waals surface area contributed by atoms with Crippen LogP contribution in [0.3, 0.4) is 0 Å². The first-order valence-corrected chi connectivity index (χ1v) is 10.8. The predicted octanol–water partition coefficient (Wildman–Crippen LogP) is 5.00. The number of amides is 1. The molecule has 0 radical (unpaired) electrons. The van der Waals surface area contributed by atoms with Crippen LogP contribution in [0.15, 0.2) is 81.0 Å². The molecular formula is C26H19N3O6. The highest BCUT2D eigenvalue weighted by Gasteiger charge is 2.48. The van der Waals surface area contributed by atoms with Gasteiger partial charge in [0.25, 0.3) is 5.91 Å². The number of rotatable bonds is 5. The second-order valence-corrected chi connectivity index (χ2v) is 8.25. The zero-order valence-corrected chi connectivity index (χ0v) is 18.7. The van der Waals surface area contributed by atoms with Gasteiger partial charge in [0.1, 0.15) is 11.8 Å². The minimum Gasteiger partial charge on any atom is -0.503 e. The number of aryl methyl sites for hydroxylation is 1. The van der Waals surface area contributed by atoms with Crippen molar-refractivity contribution in [2.75, 3.05) is 12.0 Å². The van der Waals surface area contributed by atoms with Crippen molar-refractivity contribution in [1.82, 2.24) is 9.97 Å². The molecule has 9 heteroatoms. The van der Waals surface area contributed by atoms with Gasteiger partial charge in [-0.25, -0.2) is 4.98 Å². The van der Waals surface area contributed by atoms with Crippen LogP contribution in [0, 0.1) is 6.92 Å². The molecule has 35 heavy (non-hydrogen) atoms. The second kappa shape index (κ2) is 7.63. The lowest BCUT2D eigenvalue weighted by Gasteiger charge is -2.21. The number of para-hydroxylation sites is 1. The summed E-state index contributed by atoms with van der Waals surface area (Å²) in [5.41, 5.74) is 2.59. The third-order valence-electron chi connectivity index (χ3n) is 6.07. The lowest BCUT2D eigenvalue weighted by atomic mass is 9.99. The molecule has 3 aromatic heterocycles. The van der Waals surface area contributed by atoms with Crippen molar-refractivity contribution in [2.45, 2.75) is 13.0 Å². The number of fused-ring (bicyclic) bond motifs is 2. The van der Waals surface area contributed by atoms with E-state index in [1.807, 2.05) is 25.1 Å². The normalized spacial score (nSPS) is 16.1. The van der Waals surface area contributed by atoms with Crippen molar-refractivity contribution < 1.29 is 28.3 Å². The molecule has 0 bridgehead atoms. The van der Waals surface area contributed by atoms with Crippen LogP contribution < -0.4 is 9.64 Å². The third kappa shape index (κ3) is 3.12. The van der Waals surface area contributed by atoms with Crippen molar-refractivity contribution in [2.24, 2.45) is 0 Å². The summed E-state index contributed by atoms with van der Waals surface area (Å²) in [5, 5.41) is 11.6. The van der Waals surface area contributed by atoms with Crippen molar-refractivity contribution in [3.8, 4) is 5.75 Å². The summed E-state index contributed by atoms with van der Waals surface area (Å²) < 4.78 is 16.7. The average Bonchev–Trinajstić information content (AvgIpc) is 3.64. The number of aromatic amines is 1. The number of anilines is 1. The zero-order valence-electron chi connectivity index (χ0n) is 18.7. The maximum absolute atomic E-state index is 13.7. The molecule has 2 N–H and O–H groups in total. The summed E-state index contributed by atoms with van der Waals surface area (Å²) in [4.78, 5) is 35.8. The fraction of sp³-hybridized carbons (Fsp3) is 0.115. The number of methoxy groups -OCH3 is 1. The van der Waals surface area contributed by atoms with Crippen LogP contribution in [0.1, 0.15) is 27.9 Å². The van der Waals surface area contributed by atoms with Gasteiger partial charge in [-0.1, -0.05) is 18.2 Å². The number of H-pyrrole nitrogens is 1. The van der Waals surface area contributed by atoms with Gasteiger partial charge in [-0.15, -0.1) is 0 Å². The number of aliphatic hydroxyl groups excluding tert-OH is 1. The number of ether oxygens (including phenoxy) is 1. The molecule has 1 amide bonds. The molecule has 1 aliphatic rings. The SMILES string of the molecule is COc1cccc2cc(C(=O)C3=C(O)C(=O)N(c4nc5ccc(C)cc5[nH]4)C3c3ccco3)oc12. The Hall–Kier alpha value is -4.79. The fourth-order valence-electron chi connectivity index (χ4n) is 4.44. The molecule has 0 spiro atoms. The number of Topliss-reactive ketones (excluding diaryl/α,β-unsaturated/α-hetero) is 1. The summed E-state index contributed by atoms with van der Waals surface area (Å²) in [6.07, 6.45) is 1.43. The molecular weight excluding hydrogens is 450 g/mol. The first kappa shape index (κ1) is 20.8. The van der Waals surface area contributed by atoms with E-state index in [9.17, 15) is 14.7 Å². The summed E-state index contributed by atoms with van der Waals surface area (Å²) in [6.45, 7) is 1.94. The van der Waals surface area contributed by atoms with Crippen LogP contribution in [0.4, 0.5) is 5.95 Å². The van der Waals surface area contributed by atoms with Gasteiger partial charge in [0.2, 0.25) is 11.7 Å². The van der Waals surface area contributed by atoms with E-state index in [0.29, 0.717) is 22.2 Å². The molecule has 9 nitrogen and oxygen atoms in total. The molecule has 0 aliphatic carbocycles. The molecule has 1 unspecified atom stereocenters. The van der Waals surface area contributed by atoms with E-state index in [0.717, 1.165) is 11.1 Å². The molecule has 174 valence electrons. The van der Waals surface area contributed by atoms with Gasteiger partial charge in [0.15, 0.2) is 22.9 Å². The maximum Gasteiger partial charge on any atom is 0.296 e. The van der Waals surface area contributed by atoms with Crippen molar-refractivity contribution in [1.29, 1.82) is 0 Å². The van der Waals surface area contributed by atoms with Crippen molar-refractivity contribution in [3.63, 3.8) is 0 Å². The van der Waals surface area contributed by atoms with Gasteiger partial charge in [0, 0.05) is 5.39 Å². The van der Waals surface area contributed by atoms with Gasteiger partial charge in [-0.2, -0.15) is 0 Å². The lowest BCUT2D eigenvalue weighted by molar-refractivity contribution is -0.117. The fourth-order valence-corrected chi connectivity index (χ4v) is 4.44. The average molecular weight is 469 g/mol. The summed E-state index contributed by atoms with van der Waals surface area (Å²) >= 11 is 0. The number of aliphatic hydroxyl groups is 1. The van der Waals surface area contributed by atoms with Crippen LogP contribution in [-0.4, -0.2) is 33.9 Å².